The topological polar surface area (TPSA) is 410 Å². The summed E-state index contributed by atoms with van der Waals surface area (Å²) >= 11 is 23.4. The number of aromatic nitrogens is 3. The molecule has 3 aliphatic carbocycles. The molecule has 6 atom stereocenters. The Balaban J connectivity index is 0.000000189. The third kappa shape index (κ3) is 44.4. The first-order chi connectivity index (χ1) is 69.6. The summed E-state index contributed by atoms with van der Waals surface area (Å²) in [4.78, 5) is 164. The van der Waals surface area contributed by atoms with Crippen molar-refractivity contribution in [3.8, 4) is 6.19 Å². The Bertz CT molecular complexity index is 4710. The number of piperazine rings is 8. The summed E-state index contributed by atoms with van der Waals surface area (Å²) in [5.74, 6) is 2.22. The molecule has 9 amide bonds. The fourth-order valence-corrected chi connectivity index (χ4v) is 22.9. The number of alkyl carbamates (subject to hydrolysis) is 2. The smallest absolute Gasteiger partial charge is 0.410 e. The number of nitriles is 1. The standard InChI is InChI=1S/C21H32N4O3S.C17H23N5OS.C13H22N2O3.C12H21N3O3.C11H22N2O2.C10H21N3O2.C9H12BrNS.C8H7ClO2.C2H2Cl2O/c1-21(2,3)28-20(27)24-13-16-12-23(9-10-25(16)18(26)14-24)19-22-11-17(29-19)15-7-5-4-6-8-15;18-12-20-9-14-10-21(6-7-22(14)16(23)11-20)17-19-8-15(24-17)13-4-2-1-3-5-13;1-13(2,3)18-12(17)14-8-10-6-4-5-7-15(10)11(16)9-14;1-12(2,3)18-11(17)14-7-9-6-13-4-5-15(9)10(16)8-14;1-11(2,3)15-10(14)13-8-9-6-4-5-7-12-9;1-10(2,3)15-9(14)13-7-8-6-11-4-5-12-8;10-9-11-6-8(12-9)7-4-2-1-3-5-7;9-8(10)11-6-7-4-2-1-3-5-7;3-1-2(4)5/h11,15-16H,4-10,12-14H2,1-3H3;8,13-14H,1-7,9-11H2;10H,4-9H2,1-3H3;9,13H,4-8H2,1-3H3;9,12H,4-8H2,1-3H3,(H,13,14);8,11-12H,4-7H2,1-3H3,(H,13,14);6-7H,1-5H2;1-5H,6H2;1H2/t16-;14-;10-;2*9-;8-;;;/m101111.../s1. The minimum Gasteiger partial charge on any atom is -0.449 e. The number of amides is 9. The minimum atomic E-state index is -0.770. The molecule has 44 heteroatoms. The number of hydrogen-bond acceptors (Lipinski definition) is 31. The Kier molecular flexibility index (Phi) is 49.9. The number of alkyl halides is 1. The number of halogens is 4. The predicted octanol–water partition coefficient (Wildman–Crippen LogP) is 16.4. The Morgan fingerprint density at radius 2 is 0.837 bits per heavy atom. The molecule has 3 saturated carbocycles. The second-order valence-corrected chi connectivity index (χ2v) is 49.4. The number of nitrogens with one attached hydrogen (secondary N) is 6. The van der Waals surface area contributed by atoms with Crippen molar-refractivity contribution in [3.05, 3.63) is 73.0 Å². The molecule has 10 aliphatic heterocycles. The summed E-state index contributed by atoms with van der Waals surface area (Å²) in [5, 5.41) is 29.4. The predicted molar refractivity (Wildman–Crippen MR) is 578 cm³/mol. The van der Waals surface area contributed by atoms with Crippen molar-refractivity contribution in [1.29, 1.82) is 5.26 Å². The summed E-state index contributed by atoms with van der Waals surface area (Å²) < 4.78 is 32.0. The molecule has 13 fully saturated rings. The van der Waals surface area contributed by atoms with E-state index in [0.29, 0.717) is 76.3 Å². The molecule has 13 aliphatic rings. The minimum absolute atomic E-state index is 0.00814. The third-order valence-corrected chi connectivity index (χ3v) is 30.8. The number of benzene rings is 1. The molecule has 10 saturated heterocycles. The van der Waals surface area contributed by atoms with Gasteiger partial charge < -0.3 is 89.7 Å². The summed E-state index contributed by atoms with van der Waals surface area (Å²) in [5.41, 5.74) is -2.28. The Morgan fingerprint density at radius 3 is 1.26 bits per heavy atom. The van der Waals surface area contributed by atoms with Crippen molar-refractivity contribution in [2.45, 2.75) is 327 Å². The average Bonchev–Trinajstić information content (AvgIpc) is 1.77. The van der Waals surface area contributed by atoms with E-state index in [1.807, 2.05) is 183 Å². The fourth-order valence-electron chi connectivity index (χ4n) is 19.1. The average molecular weight is 2240 g/mol. The quantitative estimate of drug-likeness (QED) is 0.0332. The molecule has 6 N–H and O–H groups in total. The van der Waals surface area contributed by atoms with Crippen LogP contribution in [0, 0.1) is 11.5 Å². The van der Waals surface area contributed by atoms with Gasteiger partial charge >= 0.3 is 35.9 Å². The van der Waals surface area contributed by atoms with E-state index >= 15 is 0 Å². The summed E-state index contributed by atoms with van der Waals surface area (Å²) in [7, 11) is 0. The summed E-state index contributed by atoms with van der Waals surface area (Å²) in [6.45, 7) is 43.7. The second-order valence-electron chi connectivity index (χ2n) is 44.0. The number of carbonyl (C=O) groups is 11. The van der Waals surface area contributed by atoms with Gasteiger partial charge in [0.25, 0.3) is 0 Å². The van der Waals surface area contributed by atoms with Crippen molar-refractivity contribution in [2.75, 3.05) is 173 Å². The number of thiazole rings is 3. The normalized spacial score (nSPS) is 22.1. The van der Waals surface area contributed by atoms with Gasteiger partial charge in [0, 0.05) is 181 Å². The van der Waals surface area contributed by atoms with Gasteiger partial charge in [0.2, 0.25) is 28.9 Å². The van der Waals surface area contributed by atoms with Gasteiger partial charge in [-0.15, -0.1) is 45.6 Å². The first-order valence-corrected chi connectivity index (χ1v) is 56.9. The summed E-state index contributed by atoms with van der Waals surface area (Å²) in [6, 6.07) is 10.4. The zero-order valence-electron chi connectivity index (χ0n) is 89.0. The number of nitrogens with zero attached hydrogens (tertiary/aromatic N) is 14. The maximum atomic E-state index is 12.6. The van der Waals surface area contributed by atoms with Crippen LogP contribution in [0.25, 0.3) is 0 Å². The molecular formula is C103H162BrCl3N20O17S3. The van der Waals surface area contributed by atoms with Crippen molar-refractivity contribution in [3.63, 3.8) is 0 Å². The van der Waals surface area contributed by atoms with E-state index in [0.717, 1.165) is 130 Å². The Hall–Kier alpha value is -8.44. The van der Waals surface area contributed by atoms with Gasteiger partial charge in [0.1, 0.15) is 60.8 Å². The van der Waals surface area contributed by atoms with Crippen LogP contribution in [0.2, 0.25) is 0 Å². The molecule has 0 bridgehead atoms. The molecule has 0 spiro atoms. The number of carbonyl (C=O) groups excluding carboxylic acids is 11. The molecule has 147 heavy (non-hydrogen) atoms. The van der Waals surface area contributed by atoms with Crippen molar-refractivity contribution in [2.24, 2.45) is 0 Å². The lowest BCUT2D eigenvalue weighted by Crippen LogP contribution is -2.65. The first-order valence-electron chi connectivity index (χ1n) is 52.4. The molecule has 37 nitrogen and oxygen atoms in total. The van der Waals surface area contributed by atoms with Crippen LogP contribution in [0.1, 0.15) is 277 Å². The van der Waals surface area contributed by atoms with Crippen LogP contribution in [0.5, 0.6) is 0 Å². The highest BCUT2D eigenvalue weighted by Crippen LogP contribution is 2.42. The molecule has 17 rings (SSSR count). The van der Waals surface area contributed by atoms with E-state index in [1.165, 1.54) is 129 Å². The van der Waals surface area contributed by atoms with Crippen LogP contribution in [-0.4, -0.2) is 346 Å². The van der Waals surface area contributed by atoms with E-state index in [-0.39, 0.29) is 105 Å². The summed E-state index contributed by atoms with van der Waals surface area (Å²) in [6.07, 6.45) is 33.4. The molecule has 13 heterocycles. The monoisotopic (exact) mass is 2230 g/mol. The highest BCUT2D eigenvalue weighted by Gasteiger charge is 2.44. The molecule has 4 aromatic rings. The zero-order valence-corrected chi connectivity index (χ0v) is 95.3. The Labute approximate surface area is 905 Å². The number of hydrogen-bond donors (Lipinski definition) is 6. The lowest BCUT2D eigenvalue weighted by molar-refractivity contribution is -0.141. The van der Waals surface area contributed by atoms with Crippen LogP contribution in [0.3, 0.4) is 0 Å². The first kappa shape index (κ1) is 122. The van der Waals surface area contributed by atoms with E-state index in [1.54, 1.807) is 26.0 Å². The maximum Gasteiger partial charge on any atom is 0.410 e. The van der Waals surface area contributed by atoms with E-state index in [4.69, 9.17) is 68.7 Å². The Morgan fingerprint density at radius 1 is 0.435 bits per heavy atom. The van der Waals surface area contributed by atoms with Gasteiger partial charge in [-0.3, -0.25) is 43.6 Å². The van der Waals surface area contributed by atoms with Crippen LogP contribution >= 0.6 is 84.7 Å². The van der Waals surface area contributed by atoms with Crippen LogP contribution in [-0.2, 0) is 59.0 Å². The van der Waals surface area contributed by atoms with Gasteiger partial charge in [-0.05, 0) is 232 Å². The van der Waals surface area contributed by atoms with E-state index in [9.17, 15) is 52.7 Å². The van der Waals surface area contributed by atoms with E-state index < -0.39 is 50.9 Å². The lowest BCUT2D eigenvalue weighted by atomic mass is 9.89. The van der Waals surface area contributed by atoms with Crippen LogP contribution in [0.4, 0.5) is 39.0 Å². The van der Waals surface area contributed by atoms with Gasteiger partial charge in [-0.2, -0.15) is 5.26 Å². The number of anilines is 2. The largest absolute Gasteiger partial charge is 0.449 e. The molecule has 0 radical (unpaired) electrons. The highest BCUT2D eigenvalue weighted by atomic mass is 79.9. The SMILES string of the molecule is Brc1ncc(C2CCCCC2)s1.CC(C)(C)OC(=O)N1CC(=O)N2CCCC[C@@H]2C1.CC(C)(C)OC(=O)N1CC(=O)N2CCN(c3ncc(C4CCCCC4)s3)C[C@@H]2C1.CC(C)(C)OC(=O)N1CC(=O)N2CCNC[C@@H]2C1.CC(C)(C)OC(=O)NC[C@H]1CCCCN1.CC(C)(C)OC(=O)NC[C@H]1CNCCN1.N#CN1CC(=O)N2CCN(c3ncc(C4CCCCC4)s3)C[C@@H]2C1.O=C(Cl)CCl.O=C(Cl)OCc1ccccc1. The van der Waals surface area contributed by atoms with E-state index in [2.05, 4.69) is 90.9 Å². The fraction of sp³-hybridized carbons (Fsp3) is 0.738. The number of ether oxygens (including phenoxy) is 6. The number of fused-ring (bicyclic) bond motifs is 4. The third-order valence-electron chi connectivity index (χ3n) is 26.1. The molecule has 1 aromatic carbocycles. The van der Waals surface area contributed by atoms with Gasteiger partial charge in [-0.1, -0.05) is 94.5 Å². The van der Waals surface area contributed by atoms with Crippen LogP contribution in [0.15, 0.2) is 52.8 Å². The molecule has 822 valence electrons. The molecule has 0 unspecified atom stereocenters. The maximum absolute atomic E-state index is 12.6. The highest BCUT2D eigenvalue weighted by molar-refractivity contribution is 9.11. The number of rotatable bonds is 12. The van der Waals surface area contributed by atoms with Crippen molar-refractivity contribution < 1.29 is 81.2 Å². The number of piperidine rings is 2. The van der Waals surface area contributed by atoms with Gasteiger partial charge in [-0.25, -0.2) is 43.7 Å². The molecular weight excluding hydrogens is 2070 g/mol. The molecule has 3 aromatic heterocycles. The van der Waals surface area contributed by atoms with Crippen molar-refractivity contribution >= 4 is 160 Å². The van der Waals surface area contributed by atoms with Gasteiger partial charge in [0.15, 0.2) is 20.4 Å². The van der Waals surface area contributed by atoms with Gasteiger partial charge in [0.05, 0.1) is 30.6 Å². The second kappa shape index (κ2) is 60.1. The van der Waals surface area contributed by atoms with Crippen LogP contribution < -0.4 is 41.7 Å². The zero-order chi connectivity index (χ0) is 107. The lowest BCUT2D eigenvalue weighted by Gasteiger charge is -2.46. The van der Waals surface area contributed by atoms with Crippen molar-refractivity contribution in [1.82, 2.24) is 86.1 Å².